The molecule has 4 aromatic rings. The number of ether oxygens (including phenoxy) is 1. The van der Waals surface area contributed by atoms with Gasteiger partial charge in [-0.25, -0.2) is 9.82 Å². The fourth-order valence-corrected chi connectivity index (χ4v) is 3.77. The third-order valence-electron chi connectivity index (χ3n) is 4.72. The fourth-order valence-electron chi connectivity index (χ4n) is 3.14. The van der Waals surface area contributed by atoms with Crippen LogP contribution in [-0.4, -0.2) is 12.1 Å². The second-order valence-corrected chi connectivity index (χ2v) is 7.95. The molecule has 0 atom stereocenters. The highest BCUT2D eigenvalue weighted by Gasteiger charge is 2.10. The van der Waals surface area contributed by atoms with Gasteiger partial charge in [-0.05, 0) is 69.3 Å². The predicted molar refractivity (Wildman–Crippen MR) is 129 cm³/mol. The number of carbonyl (C=O) groups is 1. The molecular weight excluding hydrogens is 506 g/mol. The summed E-state index contributed by atoms with van der Waals surface area (Å²) in [5.41, 5.74) is 4.75. The van der Waals surface area contributed by atoms with Gasteiger partial charge in [0.25, 0.3) is 5.91 Å². The van der Waals surface area contributed by atoms with Gasteiger partial charge in [0.15, 0.2) is 0 Å². The van der Waals surface area contributed by atoms with Crippen molar-refractivity contribution in [3.05, 3.63) is 111 Å². The van der Waals surface area contributed by atoms with Crippen molar-refractivity contribution >= 4 is 45.5 Å². The standard InChI is InChI=1S/C25H18FIN2O2/c26-19-12-9-17(10-13-19)16-31-24-14-11-18-5-1-2-6-20(18)22(24)15-28-29-25(30)21-7-3-4-8-23(21)27/h1-15H,16H2,(H,29,30)/b28-15+. The number of nitrogens with zero attached hydrogens (tertiary/aromatic N) is 1. The molecular formula is C25H18FIN2O2. The number of amides is 1. The SMILES string of the molecule is O=C(N/N=C/c1c(OCc2ccc(F)cc2)ccc2ccccc12)c1ccccc1I. The molecule has 6 heteroatoms. The topological polar surface area (TPSA) is 50.7 Å². The summed E-state index contributed by atoms with van der Waals surface area (Å²) in [6.45, 7) is 0.286. The fraction of sp³-hybridized carbons (Fsp3) is 0.0400. The molecule has 0 bridgehead atoms. The van der Waals surface area contributed by atoms with Crippen LogP contribution in [0, 0.1) is 9.39 Å². The van der Waals surface area contributed by atoms with Gasteiger partial charge in [-0.2, -0.15) is 5.10 Å². The lowest BCUT2D eigenvalue weighted by Crippen LogP contribution is -2.18. The zero-order valence-electron chi connectivity index (χ0n) is 16.4. The molecule has 0 aliphatic rings. The molecule has 0 saturated carbocycles. The first-order valence-corrected chi connectivity index (χ1v) is 10.7. The summed E-state index contributed by atoms with van der Waals surface area (Å²) in [5, 5.41) is 6.16. The van der Waals surface area contributed by atoms with Crippen molar-refractivity contribution in [3.63, 3.8) is 0 Å². The lowest BCUT2D eigenvalue weighted by Gasteiger charge is -2.12. The van der Waals surface area contributed by atoms with Crippen LogP contribution in [-0.2, 0) is 6.61 Å². The van der Waals surface area contributed by atoms with E-state index in [9.17, 15) is 9.18 Å². The first-order chi connectivity index (χ1) is 15.1. The van der Waals surface area contributed by atoms with E-state index in [1.807, 2.05) is 54.6 Å². The average molecular weight is 524 g/mol. The van der Waals surface area contributed by atoms with Crippen molar-refractivity contribution in [3.8, 4) is 5.75 Å². The third kappa shape index (κ3) is 5.08. The maximum atomic E-state index is 13.1. The molecule has 0 heterocycles. The quantitative estimate of drug-likeness (QED) is 0.193. The summed E-state index contributed by atoms with van der Waals surface area (Å²) in [6, 6.07) is 25.2. The van der Waals surface area contributed by atoms with Crippen LogP contribution >= 0.6 is 22.6 Å². The largest absolute Gasteiger partial charge is 0.488 e. The Labute approximate surface area is 192 Å². The first-order valence-electron chi connectivity index (χ1n) is 9.59. The minimum absolute atomic E-state index is 0.282. The molecule has 0 radical (unpaired) electrons. The number of hydrogen-bond acceptors (Lipinski definition) is 3. The highest BCUT2D eigenvalue weighted by molar-refractivity contribution is 14.1. The molecule has 4 aromatic carbocycles. The minimum Gasteiger partial charge on any atom is -0.488 e. The van der Waals surface area contributed by atoms with E-state index in [0.717, 1.165) is 25.5 Å². The van der Waals surface area contributed by atoms with Gasteiger partial charge in [-0.15, -0.1) is 0 Å². The maximum absolute atomic E-state index is 13.1. The van der Waals surface area contributed by atoms with E-state index in [2.05, 4.69) is 33.1 Å². The van der Waals surface area contributed by atoms with Gasteiger partial charge in [-0.1, -0.05) is 54.6 Å². The lowest BCUT2D eigenvalue weighted by molar-refractivity contribution is 0.0954. The summed E-state index contributed by atoms with van der Waals surface area (Å²) in [7, 11) is 0. The Morgan fingerprint density at radius 1 is 0.968 bits per heavy atom. The summed E-state index contributed by atoms with van der Waals surface area (Å²) >= 11 is 2.12. The van der Waals surface area contributed by atoms with Gasteiger partial charge in [0.2, 0.25) is 0 Å². The Kier molecular flexibility index (Phi) is 6.57. The molecule has 4 nitrogen and oxygen atoms in total. The van der Waals surface area contributed by atoms with Gasteiger partial charge in [-0.3, -0.25) is 4.79 Å². The molecule has 1 amide bonds. The normalized spacial score (nSPS) is 11.0. The highest BCUT2D eigenvalue weighted by Crippen LogP contribution is 2.27. The van der Waals surface area contributed by atoms with Gasteiger partial charge in [0, 0.05) is 9.13 Å². The number of nitrogens with one attached hydrogen (secondary N) is 1. The third-order valence-corrected chi connectivity index (χ3v) is 5.66. The van der Waals surface area contributed by atoms with Crippen molar-refractivity contribution < 1.29 is 13.9 Å². The smallest absolute Gasteiger partial charge is 0.272 e. The van der Waals surface area contributed by atoms with Crippen LogP contribution in [0.2, 0.25) is 0 Å². The van der Waals surface area contributed by atoms with Crippen LogP contribution in [0.15, 0.2) is 90.0 Å². The molecule has 0 saturated heterocycles. The summed E-state index contributed by atoms with van der Waals surface area (Å²) < 4.78 is 20.0. The van der Waals surface area contributed by atoms with Crippen LogP contribution in [0.4, 0.5) is 4.39 Å². The number of benzene rings is 4. The zero-order valence-corrected chi connectivity index (χ0v) is 18.5. The molecule has 0 unspecified atom stereocenters. The van der Waals surface area contributed by atoms with E-state index in [4.69, 9.17) is 4.74 Å². The van der Waals surface area contributed by atoms with Gasteiger partial charge in [0.05, 0.1) is 11.8 Å². The van der Waals surface area contributed by atoms with Crippen molar-refractivity contribution in [1.82, 2.24) is 5.43 Å². The van der Waals surface area contributed by atoms with E-state index in [-0.39, 0.29) is 18.3 Å². The molecule has 154 valence electrons. The number of halogens is 2. The number of hydrogen-bond donors (Lipinski definition) is 1. The number of fused-ring (bicyclic) bond motifs is 1. The predicted octanol–water partition coefficient (Wildman–Crippen LogP) is 5.93. The second-order valence-electron chi connectivity index (χ2n) is 6.79. The molecule has 0 fully saturated rings. The van der Waals surface area contributed by atoms with Crippen molar-refractivity contribution in [1.29, 1.82) is 0 Å². The van der Waals surface area contributed by atoms with E-state index in [1.165, 1.54) is 12.1 Å². The molecule has 1 N–H and O–H groups in total. The molecule has 0 aromatic heterocycles. The minimum atomic E-state index is -0.286. The van der Waals surface area contributed by atoms with E-state index in [0.29, 0.717) is 11.3 Å². The van der Waals surface area contributed by atoms with Gasteiger partial charge >= 0.3 is 0 Å². The van der Waals surface area contributed by atoms with Crippen LogP contribution in [0.3, 0.4) is 0 Å². The van der Waals surface area contributed by atoms with Crippen LogP contribution in [0.25, 0.3) is 10.8 Å². The summed E-state index contributed by atoms with van der Waals surface area (Å²) in [5.74, 6) is 0.0525. The van der Waals surface area contributed by atoms with Crippen molar-refractivity contribution in [2.24, 2.45) is 5.10 Å². The molecule has 0 aliphatic carbocycles. The highest BCUT2D eigenvalue weighted by atomic mass is 127. The Bertz CT molecular complexity index is 1260. The molecule has 0 aliphatic heterocycles. The van der Waals surface area contributed by atoms with Crippen LogP contribution in [0.1, 0.15) is 21.5 Å². The summed E-state index contributed by atoms with van der Waals surface area (Å²) in [6.07, 6.45) is 1.59. The van der Waals surface area contributed by atoms with E-state index in [1.54, 1.807) is 24.4 Å². The Balaban J connectivity index is 1.59. The molecule has 0 spiro atoms. The lowest BCUT2D eigenvalue weighted by atomic mass is 10.0. The number of hydrazone groups is 1. The van der Waals surface area contributed by atoms with Crippen LogP contribution < -0.4 is 10.2 Å². The Morgan fingerprint density at radius 3 is 2.52 bits per heavy atom. The van der Waals surface area contributed by atoms with Crippen molar-refractivity contribution in [2.75, 3.05) is 0 Å². The van der Waals surface area contributed by atoms with E-state index < -0.39 is 0 Å². The molecule has 31 heavy (non-hydrogen) atoms. The Morgan fingerprint density at radius 2 is 1.71 bits per heavy atom. The monoisotopic (exact) mass is 524 g/mol. The van der Waals surface area contributed by atoms with E-state index >= 15 is 0 Å². The van der Waals surface area contributed by atoms with Gasteiger partial charge < -0.3 is 4.74 Å². The second kappa shape index (κ2) is 9.70. The number of carbonyl (C=O) groups excluding carboxylic acids is 1. The average Bonchev–Trinajstić information content (AvgIpc) is 2.79. The van der Waals surface area contributed by atoms with Crippen LogP contribution in [0.5, 0.6) is 5.75 Å². The number of rotatable bonds is 6. The summed E-state index contributed by atoms with van der Waals surface area (Å²) in [4.78, 5) is 12.5. The zero-order chi connectivity index (χ0) is 21.6. The maximum Gasteiger partial charge on any atom is 0.272 e. The van der Waals surface area contributed by atoms with Gasteiger partial charge in [0.1, 0.15) is 18.2 Å². The molecule has 4 rings (SSSR count). The Hall–Kier alpha value is -3.26. The first kappa shape index (κ1) is 21.0. The van der Waals surface area contributed by atoms with Crippen molar-refractivity contribution in [2.45, 2.75) is 6.61 Å².